The maximum Gasteiger partial charge on any atom is 0.249 e. The number of nitrogens with one attached hydrogen (secondary N) is 2. The van der Waals surface area contributed by atoms with Crippen molar-refractivity contribution in [2.24, 2.45) is 5.92 Å². The number of rotatable bonds is 3. The maximum atomic E-state index is 12.4. The summed E-state index contributed by atoms with van der Waals surface area (Å²) in [5.41, 5.74) is 3.22. The minimum atomic E-state index is -0.470. The van der Waals surface area contributed by atoms with Crippen molar-refractivity contribution in [2.75, 3.05) is 39.5 Å². The van der Waals surface area contributed by atoms with Crippen LogP contribution in [-0.4, -0.2) is 72.9 Å². The summed E-state index contributed by atoms with van der Waals surface area (Å²) in [6.07, 6.45) is 5.31. The predicted octanol–water partition coefficient (Wildman–Crippen LogP) is 1.79. The molecule has 2 amide bonds. The van der Waals surface area contributed by atoms with E-state index < -0.39 is 6.04 Å². The van der Waals surface area contributed by atoms with Gasteiger partial charge in [-0.25, -0.2) is 0 Å². The van der Waals surface area contributed by atoms with Crippen molar-refractivity contribution >= 4 is 17.6 Å². The fraction of sp³-hybridized carbons (Fsp3) is 0.640. The first kappa shape index (κ1) is 21.1. The summed E-state index contributed by atoms with van der Waals surface area (Å²) in [6, 6.07) is 3.74. The van der Waals surface area contributed by atoms with Gasteiger partial charge in [0, 0.05) is 54.8 Å². The van der Waals surface area contributed by atoms with Gasteiger partial charge in [0.25, 0.3) is 0 Å². The van der Waals surface area contributed by atoms with E-state index in [0.717, 1.165) is 61.9 Å². The normalized spacial score (nSPS) is 27.5. The van der Waals surface area contributed by atoms with Crippen LogP contribution >= 0.6 is 0 Å². The number of amides is 2. The predicted molar refractivity (Wildman–Crippen MR) is 121 cm³/mol. The molecule has 33 heavy (non-hydrogen) atoms. The molecule has 5 heterocycles. The Labute approximate surface area is 194 Å². The Morgan fingerprint density at radius 2 is 1.91 bits per heavy atom. The minimum absolute atomic E-state index is 0.0563. The van der Waals surface area contributed by atoms with E-state index in [-0.39, 0.29) is 17.2 Å². The topological polar surface area (TPSA) is 95.0 Å². The van der Waals surface area contributed by atoms with E-state index in [1.165, 1.54) is 24.9 Å². The second-order valence-corrected chi connectivity index (χ2v) is 10.3. The minimum Gasteiger partial charge on any atom is -0.492 e. The van der Waals surface area contributed by atoms with Crippen LogP contribution in [0.25, 0.3) is 0 Å². The molecule has 1 atom stereocenters. The summed E-state index contributed by atoms with van der Waals surface area (Å²) in [5.74, 6) is 1.53. The molecule has 8 nitrogen and oxygen atoms in total. The van der Waals surface area contributed by atoms with Crippen molar-refractivity contribution in [3.63, 3.8) is 0 Å². The Morgan fingerprint density at radius 3 is 2.67 bits per heavy atom. The lowest BCUT2D eigenvalue weighted by Crippen LogP contribution is -2.52. The summed E-state index contributed by atoms with van der Waals surface area (Å²) in [7, 11) is 0. The number of imide groups is 1. The Hall–Kier alpha value is -2.45. The van der Waals surface area contributed by atoms with Gasteiger partial charge in [0.2, 0.25) is 11.8 Å². The quantitative estimate of drug-likeness (QED) is 0.679. The standard InChI is InChI=1S/C25H32N4O4/c26-23-17-1-2-19-22(18(17)14-29(23)20-3-4-21(30)27-24(20)31)33-15-25(19)7-9-28(10-8-25)13-16-5-11-32-12-6-16/h1-2,16,20,26H,3-15H2,(H,27,30,31). The molecule has 1 aromatic carbocycles. The van der Waals surface area contributed by atoms with Crippen LogP contribution in [0.15, 0.2) is 12.1 Å². The molecule has 3 saturated heterocycles. The number of nitrogens with zero attached hydrogens (tertiary/aromatic N) is 2. The summed E-state index contributed by atoms with van der Waals surface area (Å²) < 4.78 is 11.8. The van der Waals surface area contributed by atoms with Crippen molar-refractivity contribution < 1.29 is 19.1 Å². The number of carbonyl (C=O) groups excluding carboxylic acids is 2. The number of ether oxygens (including phenoxy) is 2. The molecule has 2 N–H and O–H groups in total. The highest BCUT2D eigenvalue weighted by molar-refractivity contribution is 6.06. The van der Waals surface area contributed by atoms with Crippen LogP contribution in [0.4, 0.5) is 0 Å². The van der Waals surface area contributed by atoms with Gasteiger partial charge in [-0.15, -0.1) is 0 Å². The Bertz CT molecular complexity index is 994. The molecule has 0 radical (unpaired) electrons. The molecule has 0 bridgehead atoms. The lowest BCUT2D eigenvalue weighted by Gasteiger charge is -2.40. The maximum absolute atomic E-state index is 12.4. The second-order valence-electron chi connectivity index (χ2n) is 10.3. The Morgan fingerprint density at radius 1 is 1.12 bits per heavy atom. The summed E-state index contributed by atoms with van der Waals surface area (Å²) in [5, 5.41) is 11.1. The van der Waals surface area contributed by atoms with E-state index >= 15 is 0 Å². The monoisotopic (exact) mass is 452 g/mol. The third-order valence-corrected chi connectivity index (χ3v) is 8.45. The molecule has 5 aliphatic heterocycles. The third-order valence-electron chi connectivity index (χ3n) is 8.45. The first-order valence-corrected chi connectivity index (χ1v) is 12.3. The molecule has 0 saturated carbocycles. The molecule has 3 fully saturated rings. The lowest BCUT2D eigenvalue weighted by molar-refractivity contribution is -0.136. The fourth-order valence-electron chi connectivity index (χ4n) is 6.40. The van der Waals surface area contributed by atoms with Crippen LogP contribution in [0.3, 0.4) is 0 Å². The van der Waals surface area contributed by atoms with E-state index in [0.29, 0.717) is 31.8 Å². The SMILES string of the molecule is N=C1c2ccc3c(c2CN1C1CCC(=O)NC1=O)OCC31CCN(CC2CCOCC2)CC1. The van der Waals surface area contributed by atoms with Gasteiger partial charge in [-0.1, -0.05) is 12.1 Å². The van der Waals surface area contributed by atoms with Crippen molar-refractivity contribution in [3.05, 3.63) is 28.8 Å². The molecule has 0 aliphatic carbocycles. The van der Waals surface area contributed by atoms with Crippen molar-refractivity contribution in [2.45, 2.75) is 56.5 Å². The molecular weight excluding hydrogens is 420 g/mol. The zero-order valence-corrected chi connectivity index (χ0v) is 19.0. The number of hydrogen-bond donors (Lipinski definition) is 2. The van der Waals surface area contributed by atoms with Crippen LogP contribution in [-0.2, 0) is 26.3 Å². The number of likely N-dealkylation sites (tertiary alicyclic amines) is 1. The fourth-order valence-corrected chi connectivity index (χ4v) is 6.40. The van der Waals surface area contributed by atoms with Gasteiger partial charge in [0.05, 0.1) is 6.61 Å². The molecule has 1 unspecified atom stereocenters. The highest BCUT2D eigenvalue weighted by Crippen LogP contribution is 2.49. The van der Waals surface area contributed by atoms with Gasteiger partial charge in [-0.3, -0.25) is 20.3 Å². The molecule has 176 valence electrons. The average molecular weight is 453 g/mol. The number of benzene rings is 1. The number of amidine groups is 1. The highest BCUT2D eigenvalue weighted by atomic mass is 16.5. The second kappa shape index (κ2) is 8.09. The molecule has 6 rings (SSSR count). The molecule has 5 aliphatic rings. The zero-order chi connectivity index (χ0) is 22.6. The lowest BCUT2D eigenvalue weighted by atomic mass is 9.73. The number of piperidine rings is 2. The van der Waals surface area contributed by atoms with Gasteiger partial charge in [-0.05, 0) is 51.1 Å². The number of carbonyl (C=O) groups is 2. The number of fused-ring (bicyclic) bond motifs is 4. The average Bonchev–Trinajstić information content (AvgIpc) is 3.35. The highest BCUT2D eigenvalue weighted by Gasteiger charge is 2.47. The van der Waals surface area contributed by atoms with Crippen LogP contribution in [0.5, 0.6) is 5.75 Å². The number of hydrogen-bond acceptors (Lipinski definition) is 6. The van der Waals surface area contributed by atoms with Crippen LogP contribution in [0, 0.1) is 11.3 Å². The first-order valence-electron chi connectivity index (χ1n) is 12.3. The van der Waals surface area contributed by atoms with E-state index in [4.69, 9.17) is 14.9 Å². The van der Waals surface area contributed by atoms with Gasteiger partial charge < -0.3 is 19.3 Å². The van der Waals surface area contributed by atoms with Gasteiger partial charge in [-0.2, -0.15) is 0 Å². The largest absolute Gasteiger partial charge is 0.492 e. The van der Waals surface area contributed by atoms with E-state index in [9.17, 15) is 9.59 Å². The summed E-state index contributed by atoms with van der Waals surface area (Å²) >= 11 is 0. The van der Waals surface area contributed by atoms with E-state index in [1.54, 1.807) is 0 Å². The van der Waals surface area contributed by atoms with Crippen molar-refractivity contribution in [1.82, 2.24) is 15.1 Å². The first-order chi connectivity index (χ1) is 16.0. The van der Waals surface area contributed by atoms with E-state index in [1.807, 2.05) is 11.0 Å². The summed E-state index contributed by atoms with van der Waals surface area (Å²) in [4.78, 5) is 28.4. The molecule has 1 spiro atoms. The Kier molecular flexibility index (Phi) is 5.18. The van der Waals surface area contributed by atoms with Crippen LogP contribution in [0.1, 0.15) is 55.2 Å². The van der Waals surface area contributed by atoms with Crippen molar-refractivity contribution in [3.8, 4) is 5.75 Å². The van der Waals surface area contributed by atoms with Crippen LogP contribution in [0.2, 0.25) is 0 Å². The Balaban J connectivity index is 1.18. The summed E-state index contributed by atoms with van der Waals surface area (Å²) in [6.45, 7) is 6.37. The van der Waals surface area contributed by atoms with Gasteiger partial charge >= 0.3 is 0 Å². The third kappa shape index (κ3) is 3.54. The smallest absolute Gasteiger partial charge is 0.249 e. The van der Waals surface area contributed by atoms with Crippen molar-refractivity contribution in [1.29, 1.82) is 5.41 Å². The molecule has 8 heteroatoms. The zero-order valence-electron chi connectivity index (χ0n) is 19.0. The van der Waals surface area contributed by atoms with Crippen LogP contribution < -0.4 is 10.1 Å². The molecule has 0 aromatic heterocycles. The molecular formula is C25H32N4O4. The van der Waals surface area contributed by atoms with Gasteiger partial charge in [0.1, 0.15) is 17.6 Å². The van der Waals surface area contributed by atoms with E-state index in [2.05, 4.69) is 16.3 Å². The molecule has 1 aromatic rings. The van der Waals surface area contributed by atoms with Gasteiger partial charge in [0.15, 0.2) is 0 Å².